The van der Waals surface area contributed by atoms with Crippen LogP contribution >= 0.6 is 11.8 Å². The minimum absolute atomic E-state index is 0.0662. The maximum Gasteiger partial charge on any atom is 0.256 e. The Morgan fingerprint density at radius 1 is 1.50 bits per heavy atom. The molecule has 0 saturated heterocycles. The van der Waals surface area contributed by atoms with Gasteiger partial charge in [-0.2, -0.15) is 0 Å². The van der Waals surface area contributed by atoms with Crippen molar-refractivity contribution in [2.24, 2.45) is 0 Å². The first-order valence-corrected chi connectivity index (χ1v) is 5.79. The zero-order chi connectivity index (χ0) is 11.5. The maximum absolute atomic E-state index is 11.6. The van der Waals surface area contributed by atoms with Crippen molar-refractivity contribution in [1.29, 1.82) is 0 Å². The number of rotatable bonds is 4. The third kappa shape index (κ3) is 2.36. The molecule has 0 aliphatic heterocycles. The summed E-state index contributed by atoms with van der Waals surface area (Å²) < 4.78 is 10.3. The Balaban J connectivity index is 1.95. The molecule has 5 heteroatoms. The van der Waals surface area contributed by atoms with Crippen LogP contribution in [0.5, 0.6) is 0 Å². The highest BCUT2D eigenvalue weighted by Gasteiger charge is 2.12. The molecule has 0 unspecified atom stereocenters. The van der Waals surface area contributed by atoms with E-state index in [2.05, 4.69) is 4.98 Å². The molecular formula is C11H11NO3S. The van der Waals surface area contributed by atoms with E-state index in [-0.39, 0.29) is 11.5 Å². The van der Waals surface area contributed by atoms with Gasteiger partial charge in [-0.05, 0) is 26.0 Å². The van der Waals surface area contributed by atoms with Crippen LogP contribution in [0.25, 0.3) is 0 Å². The lowest BCUT2D eigenvalue weighted by Crippen LogP contribution is -2.00. The maximum atomic E-state index is 11.6. The van der Waals surface area contributed by atoms with Crippen molar-refractivity contribution in [1.82, 2.24) is 4.98 Å². The summed E-state index contributed by atoms with van der Waals surface area (Å²) >= 11 is 1.27. The smallest absolute Gasteiger partial charge is 0.256 e. The van der Waals surface area contributed by atoms with Gasteiger partial charge in [0.05, 0.1) is 17.7 Å². The Morgan fingerprint density at radius 2 is 2.31 bits per heavy atom. The molecule has 0 bridgehead atoms. The van der Waals surface area contributed by atoms with E-state index < -0.39 is 0 Å². The summed E-state index contributed by atoms with van der Waals surface area (Å²) in [5.41, 5.74) is 0.855. The van der Waals surface area contributed by atoms with Crippen molar-refractivity contribution in [3.8, 4) is 0 Å². The van der Waals surface area contributed by atoms with Crippen molar-refractivity contribution in [2.45, 2.75) is 19.1 Å². The van der Waals surface area contributed by atoms with E-state index in [0.29, 0.717) is 11.0 Å². The van der Waals surface area contributed by atoms with Gasteiger partial charge in [-0.3, -0.25) is 4.79 Å². The van der Waals surface area contributed by atoms with E-state index >= 15 is 0 Å². The lowest BCUT2D eigenvalue weighted by atomic mass is 10.3. The van der Waals surface area contributed by atoms with Crippen LogP contribution in [-0.2, 0) is 0 Å². The molecule has 0 N–H and O–H groups in total. The Hall–Kier alpha value is -1.49. The SMILES string of the molecule is Cc1nc(SCC(=O)c2ccco2)oc1C. The molecule has 0 radical (unpaired) electrons. The summed E-state index contributed by atoms with van der Waals surface area (Å²) in [5, 5.41) is 0.523. The van der Waals surface area contributed by atoms with E-state index in [1.54, 1.807) is 12.1 Å². The van der Waals surface area contributed by atoms with Gasteiger partial charge in [-0.25, -0.2) is 4.98 Å². The number of furan rings is 1. The lowest BCUT2D eigenvalue weighted by Gasteiger charge is -1.93. The van der Waals surface area contributed by atoms with Gasteiger partial charge in [0.25, 0.3) is 5.22 Å². The monoisotopic (exact) mass is 237 g/mol. The lowest BCUT2D eigenvalue weighted by molar-refractivity contribution is 0.0992. The van der Waals surface area contributed by atoms with Crippen molar-refractivity contribution in [2.75, 3.05) is 5.75 Å². The Morgan fingerprint density at radius 3 is 2.88 bits per heavy atom. The van der Waals surface area contributed by atoms with E-state index in [1.807, 2.05) is 13.8 Å². The Bertz CT molecular complexity index is 468. The number of hydrogen-bond donors (Lipinski definition) is 0. The van der Waals surface area contributed by atoms with Crippen molar-refractivity contribution in [3.63, 3.8) is 0 Å². The van der Waals surface area contributed by atoms with Crippen LogP contribution in [-0.4, -0.2) is 16.5 Å². The first kappa shape index (κ1) is 11.0. The number of aryl methyl sites for hydroxylation is 2. The van der Waals surface area contributed by atoms with Crippen LogP contribution in [0.2, 0.25) is 0 Å². The summed E-state index contributed by atoms with van der Waals surface area (Å²) in [4.78, 5) is 15.8. The summed E-state index contributed by atoms with van der Waals surface area (Å²) in [6.45, 7) is 3.72. The first-order valence-electron chi connectivity index (χ1n) is 4.80. The van der Waals surface area contributed by atoms with E-state index in [9.17, 15) is 4.79 Å². The Labute approximate surface area is 97.0 Å². The van der Waals surface area contributed by atoms with Crippen LogP contribution in [0.1, 0.15) is 22.0 Å². The largest absolute Gasteiger partial charge is 0.461 e. The van der Waals surface area contributed by atoms with Crippen LogP contribution in [0, 0.1) is 13.8 Å². The normalized spacial score (nSPS) is 10.6. The van der Waals surface area contributed by atoms with E-state index in [1.165, 1.54) is 18.0 Å². The van der Waals surface area contributed by atoms with Gasteiger partial charge in [-0.1, -0.05) is 11.8 Å². The standard InChI is InChI=1S/C11H11NO3S/c1-7-8(2)15-11(12-7)16-6-9(13)10-4-3-5-14-10/h3-5H,6H2,1-2H3. The van der Waals surface area contributed by atoms with Crippen molar-refractivity contribution < 1.29 is 13.6 Å². The van der Waals surface area contributed by atoms with Crippen molar-refractivity contribution >= 4 is 17.5 Å². The quantitative estimate of drug-likeness (QED) is 0.604. The third-order valence-corrected chi connectivity index (χ3v) is 2.96. The number of ketones is 1. The molecule has 16 heavy (non-hydrogen) atoms. The van der Waals surface area contributed by atoms with Crippen LogP contribution < -0.4 is 0 Å². The molecule has 0 saturated carbocycles. The molecule has 0 aliphatic rings. The third-order valence-electron chi connectivity index (χ3n) is 2.13. The number of carbonyl (C=O) groups excluding carboxylic acids is 1. The number of hydrogen-bond acceptors (Lipinski definition) is 5. The molecule has 2 aromatic heterocycles. The molecule has 4 nitrogen and oxygen atoms in total. The number of carbonyl (C=O) groups is 1. The highest BCUT2D eigenvalue weighted by atomic mass is 32.2. The molecule has 84 valence electrons. The second-order valence-electron chi connectivity index (χ2n) is 3.31. The predicted octanol–water partition coefficient (Wildman–Crippen LogP) is 2.86. The van der Waals surface area contributed by atoms with E-state index in [4.69, 9.17) is 8.83 Å². The number of nitrogens with zero attached hydrogens (tertiary/aromatic N) is 1. The van der Waals surface area contributed by atoms with Gasteiger partial charge in [0, 0.05) is 0 Å². The summed E-state index contributed by atoms with van der Waals surface area (Å²) in [6.07, 6.45) is 1.48. The predicted molar refractivity (Wildman–Crippen MR) is 59.7 cm³/mol. The zero-order valence-electron chi connectivity index (χ0n) is 9.02. The average molecular weight is 237 g/mol. The van der Waals surface area contributed by atoms with Crippen LogP contribution in [0.3, 0.4) is 0 Å². The van der Waals surface area contributed by atoms with Crippen LogP contribution in [0.15, 0.2) is 32.5 Å². The highest BCUT2D eigenvalue weighted by molar-refractivity contribution is 7.99. The zero-order valence-corrected chi connectivity index (χ0v) is 9.84. The number of oxazole rings is 1. The summed E-state index contributed by atoms with van der Waals surface area (Å²) in [7, 11) is 0. The fourth-order valence-corrected chi connectivity index (χ4v) is 1.92. The van der Waals surface area contributed by atoms with Gasteiger partial charge in [-0.15, -0.1) is 0 Å². The van der Waals surface area contributed by atoms with Crippen molar-refractivity contribution in [3.05, 3.63) is 35.6 Å². The second-order valence-corrected chi connectivity index (χ2v) is 4.24. The van der Waals surface area contributed by atoms with Gasteiger partial charge in [0.1, 0.15) is 5.76 Å². The number of aromatic nitrogens is 1. The summed E-state index contributed by atoms with van der Waals surface area (Å²) in [6, 6.07) is 3.34. The molecule has 0 fully saturated rings. The topological polar surface area (TPSA) is 56.2 Å². The van der Waals surface area contributed by atoms with Crippen LogP contribution in [0.4, 0.5) is 0 Å². The summed E-state index contributed by atoms with van der Waals surface area (Å²) in [5.74, 6) is 1.36. The molecule has 2 aromatic rings. The molecule has 2 heterocycles. The first-order chi connectivity index (χ1) is 7.66. The fourth-order valence-electron chi connectivity index (χ4n) is 1.14. The van der Waals surface area contributed by atoms with Gasteiger partial charge < -0.3 is 8.83 Å². The number of Topliss-reactive ketones (excluding diaryl/α,β-unsaturated/α-hetero) is 1. The van der Waals surface area contributed by atoms with E-state index in [0.717, 1.165) is 11.5 Å². The molecule has 2 rings (SSSR count). The molecule has 0 amide bonds. The van der Waals surface area contributed by atoms with Gasteiger partial charge in [0.2, 0.25) is 5.78 Å². The molecule has 0 aliphatic carbocycles. The Kier molecular flexibility index (Phi) is 3.14. The minimum atomic E-state index is -0.0662. The second kappa shape index (κ2) is 4.57. The average Bonchev–Trinajstić information content (AvgIpc) is 2.86. The minimum Gasteiger partial charge on any atom is -0.461 e. The van der Waals surface area contributed by atoms with Gasteiger partial charge in [0.15, 0.2) is 5.76 Å². The molecule has 0 atom stereocenters. The molecular weight excluding hydrogens is 226 g/mol. The fraction of sp³-hybridized carbons (Fsp3) is 0.273. The molecule has 0 aromatic carbocycles. The van der Waals surface area contributed by atoms with Gasteiger partial charge >= 0.3 is 0 Å². The molecule has 0 spiro atoms. The number of thioether (sulfide) groups is 1. The highest BCUT2D eigenvalue weighted by Crippen LogP contribution is 2.21.